The molecule has 0 aromatic carbocycles. The molecule has 0 saturated carbocycles. The molecular formula is C12H23N3O2S. The van der Waals surface area contributed by atoms with Gasteiger partial charge in [-0.05, 0) is 38.9 Å². The zero-order valence-corrected chi connectivity index (χ0v) is 12.1. The Morgan fingerprint density at radius 3 is 2.56 bits per heavy atom. The van der Waals surface area contributed by atoms with Gasteiger partial charge in [0, 0.05) is 12.5 Å². The lowest BCUT2D eigenvalue weighted by atomic mass is 9.91. The third-order valence-electron chi connectivity index (χ3n) is 2.32. The van der Waals surface area contributed by atoms with Gasteiger partial charge >= 0.3 is 0 Å². The zero-order chi connectivity index (χ0) is 14.2. The summed E-state index contributed by atoms with van der Waals surface area (Å²) in [7, 11) is 0. The van der Waals surface area contributed by atoms with E-state index in [0.29, 0.717) is 24.5 Å². The number of hydrogen-bond donors (Lipinski definition) is 4. The van der Waals surface area contributed by atoms with Gasteiger partial charge in [-0.1, -0.05) is 13.0 Å². The minimum absolute atomic E-state index is 0.178. The Kier molecular flexibility index (Phi) is 7.54. The fourth-order valence-electron chi connectivity index (χ4n) is 1.45. The summed E-state index contributed by atoms with van der Waals surface area (Å²) >= 11 is 4.94. The Balaban J connectivity index is 4.12. The second-order valence-electron chi connectivity index (χ2n) is 4.73. The summed E-state index contributed by atoms with van der Waals surface area (Å²) in [6.07, 6.45) is 2.73. The van der Waals surface area contributed by atoms with Crippen molar-refractivity contribution in [2.45, 2.75) is 39.2 Å². The van der Waals surface area contributed by atoms with Gasteiger partial charge in [-0.3, -0.25) is 15.6 Å². The molecule has 0 aliphatic carbocycles. The first kappa shape index (κ1) is 16.9. The van der Waals surface area contributed by atoms with Gasteiger partial charge in [0.15, 0.2) is 5.11 Å². The molecule has 0 rings (SSSR count). The van der Waals surface area contributed by atoms with Crippen LogP contribution in [0.4, 0.5) is 0 Å². The summed E-state index contributed by atoms with van der Waals surface area (Å²) in [4.78, 5) is 11.8. The quantitative estimate of drug-likeness (QED) is 0.328. The summed E-state index contributed by atoms with van der Waals surface area (Å²) in [6.45, 7) is 9.36. The van der Waals surface area contributed by atoms with Crippen LogP contribution in [-0.2, 0) is 4.79 Å². The van der Waals surface area contributed by atoms with Crippen molar-refractivity contribution in [1.82, 2.24) is 16.2 Å². The van der Waals surface area contributed by atoms with E-state index in [4.69, 9.17) is 12.2 Å². The zero-order valence-electron chi connectivity index (χ0n) is 11.2. The molecule has 1 amide bonds. The van der Waals surface area contributed by atoms with Crippen LogP contribution in [-0.4, -0.2) is 28.3 Å². The average molecular weight is 273 g/mol. The summed E-state index contributed by atoms with van der Waals surface area (Å²) in [5.74, 6) is -0.429. The maximum Gasteiger partial charge on any atom is 0.241 e. The monoisotopic (exact) mass is 273 g/mol. The van der Waals surface area contributed by atoms with Crippen LogP contribution in [0.15, 0.2) is 12.7 Å². The summed E-state index contributed by atoms with van der Waals surface area (Å²) < 4.78 is 0. The molecule has 4 N–H and O–H groups in total. The van der Waals surface area contributed by atoms with Crippen LogP contribution in [0.3, 0.4) is 0 Å². The molecule has 0 saturated heterocycles. The number of amides is 1. The molecule has 18 heavy (non-hydrogen) atoms. The Bertz CT molecular complexity index is 300. The van der Waals surface area contributed by atoms with E-state index in [2.05, 4.69) is 22.7 Å². The van der Waals surface area contributed by atoms with Gasteiger partial charge in [0.1, 0.15) is 0 Å². The van der Waals surface area contributed by atoms with Crippen molar-refractivity contribution in [2.24, 2.45) is 5.92 Å². The van der Waals surface area contributed by atoms with Crippen LogP contribution in [0.5, 0.6) is 0 Å². The highest BCUT2D eigenvalue weighted by Gasteiger charge is 2.24. The van der Waals surface area contributed by atoms with Crippen LogP contribution in [0.2, 0.25) is 0 Å². The highest BCUT2D eigenvalue weighted by atomic mass is 32.1. The van der Waals surface area contributed by atoms with Crippen molar-refractivity contribution in [2.75, 3.05) is 6.54 Å². The van der Waals surface area contributed by atoms with Crippen LogP contribution in [0.25, 0.3) is 0 Å². The van der Waals surface area contributed by atoms with Crippen LogP contribution >= 0.6 is 12.2 Å². The van der Waals surface area contributed by atoms with E-state index in [1.165, 1.54) is 0 Å². The predicted octanol–water partition coefficient (Wildman–Crippen LogP) is 0.855. The topological polar surface area (TPSA) is 73.4 Å². The van der Waals surface area contributed by atoms with Gasteiger partial charge in [-0.2, -0.15) is 0 Å². The fraction of sp³-hybridized carbons (Fsp3) is 0.667. The molecule has 0 fully saturated rings. The predicted molar refractivity (Wildman–Crippen MR) is 76.8 cm³/mol. The molecule has 0 radical (unpaired) electrons. The third-order valence-corrected chi connectivity index (χ3v) is 2.56. The molecule has 1 atom stereocenters. The maximum atomic E-state index is 11.8. The van der Waals surface area contributed by atoms with Crippen molar-refractivity contribution in [3.8, 4) is 0 Å². The van der Waals surface area contributed by atoms with Gasteiger partial charge in [0.05, 0.1) is 5.60 Å². The van der Waals surface area contributed by atoms with Gasteiger partial charge in [0.2, 0.25) is 5.91 Å². The summed E-state index contributed by atoms with van der Waals surface area (Å²) in [5.41, 5.74) is 4.27. The Morgan fingerprint density at radius 1 is 1.50 bits per heavy atom. The Labute approximate surface area is 114 Å². The minimum Gasteiger partial charge on any atom is -0.390 e. The van der Waals surface area contributed by atoms with E-state index in [0.717, 1.165) is 0 Å². The van der Waals surface area contributed by atoms with E-state index in [-0.39, 0.29) is 11.8 Å². The molecule has 0 spiro atoms. The molecule has 0 aliphatic heterocycles. The summed E-state index contributed by atoms with van der Waals surface area (Å²) in [6, 6.07) is 0. The highest BCUT2D eigenvalue weighted by Crippen LogP contribution is 2.18. The molecular weight excluding hydrogens is 250 g/mol. The molecule has 0 aromatic rings. The Morgan fingerprint density at radius 2 is 2.11 bits per heavy atom. The maximum absolute atomic E-state index is 11.8. The number of carbonyl (C=O) groups excluding carboxylic acids is 1. The standard InChI is InChI=1S/C12H23N3O2S/c1-5-7-13-11(18)15-14-10(16)9(6-2)8-12(3,4)17/h5,9,17H,1,6-8H2,2-4H3,(H,14,16)(H2,13,15,18). The van der Waals surface area contributed by atoms with Crippen LogP contribution < -0.4 is 16.2 Å². The number of aliphatic hydroxyl groups is 1. The van der Waals surface area contributed by atoms with Crippen molar-refractivity contribution in [1.29, 1.82) is 0 Å². The minimum atomic E-state index is -0.861. The SMILES string of the molecule is C=CCNC(=S)NNC(=O)C(CC)CC(C)(C)O. The number of rotatable bonds is 6. The smallest absolute Gasteiger partial charge is 0.241 e. The number of carbonyl (C=O) groups is 1. The van der Waals surface area contributed by atoms with Crippen molar-refractivity contribution in [3.05, 3.63) is 12.7 Å². The molecule has 104 valence electrons. The number of hydrogen-bond acceptors (Lipinski definition) is 3. The van der Waals surface area contributed by atoms with Crippen LogP contribution in [0, 0.1) is 5.92 Å². The van der Waals surface area contributed by atoms with E-state index < -0.39 is 5.60 Å². The first-order valence-corrected chi connectivity index (χ1v) is 6.38. The lowest BCUT2D eigenvalue weighted by molar-refractivity contribution is -0.127. The molecule has 0 aliphatic rings. The Hall–Kier alpha value is -1.14. The average Bonchev–Trinajstić information content (AvgIpc) is 2.29. The number of hydrazine groups is 1. The van der Waals surface area contributed by atoms with Gasteiger partial charge in [-0.25, -0.2) is 0 Å². The second-order valence-corrected chi connectivity index (χ2v) is 5.14. The van der Waals surface area contributed by atoms with Crippen molar-refractivity contribution < 1.29 is 9.90 Å². The highest BCUT2D eigenvalue weighted by molar-refractivity contribution is 7.80. The molecule has 5 nitrogen and oxygen atoms in total. The molecule has 0 aromatic heterocycles. The molecule has 1 unspecified atom stereocenters. The molecule has 6 heteroatoms. The van der Waals surface area contributed by atoms with Gasteiger partial charge in [0.25, 0.3) is 0 Å². The van der Waals surface area contributed by atoms with E-state index in [1.807, 2.05) is 6.92 Å². The van der Waals surface area contributed by atoms with Crippen LogP contribution in [0.1, 0.15) is 33.6 Å². The first-order chi connectivity index (χ1) is 8.30. The third kappa shape index (κ3) is 8.03. The van der Waals surface area contributed by atoms with E-state index in [1.54, 1.807) is 19.9 Å². The lowest BCUT2D eigenvalue weighted by Gasteiger charge is -2.23. The van der Waals surface area contributed by atoms with E-state index in [9.17, 15) is 9.90 Å². The summed E-state index contributed by atoms with van der Waals surface area (Å²) in [5, 5.41) is 12.9. The van der Waals surface area contributed by atoms with Gasteiger partial charge in [-0.15, -0.1) is 6.58 Å². The van der Waals surface area contributed by atoms with Crippen molar-refractivity contribution >= 4 is 23.2 Å². The largest absolute Gasteiger partial charge is 0.390 e. The van der Waals surface area contributed by atoms with Gasteiger partial charge < -0.3 is 10.4 Å². The molecule has 0 heterocycles. The normalized spacial score (nSPS) is 12.4. The number of nitrogens with one attached hydrogen (secondary N) is 3. The first-order valence-electron chi connectivity index (χ1n) is 5.97. The van der Waals surface area contributed by atoms with Crippen molar-refractivity contribution in [3.63, 3.8) is 0 Å². The van der Waals surface area contributed by atoms with E-state index >= 15 is 0 Å². The lowest BCUT2D eigenvalue weighted by Crippen LogP contribution is -2.49. The molecule has 0 bridgehead atoms. The fourth-order valence-corrected chi connectivity index (χ4v) is 1.59. The second kappa shape index (κ2) is 8.05. The number of thiocarbonyl (C=S) groups is 1.